The first-order chi connectivity index (χ1) is 13.0. The van der Waals surface area contributed by atoms with Gasteiger partial charge >= 0.3 is 5.97 Å². The Labute approximate surface area is 159 Å². The maximum Gasteiger partial charge on any atom is 0.328 e. The van der Waals surface area contributed by atoms with Gasteiger partial charge in [-0.2, -0.15) is 0 Å². The van der Waals surface area contributed by atoms with Gasteiger partial charge in [0.05, 0.1) is 0 Å². The summed E-state index contributed by atoms with van der Waals surface area (Å²) in [6, 6.07) is 16.5. The largest absolute Gasteiger partial charge is 0.488 e. The average Bonchev–Trinajstić information content (AvgIpc) is 2.67. The normalized spacial score (nSPS) is 14.5. The summed E-state index contributed by atoms with van der Waals surface area (Å²) in [4.78, 5) is 10.6. The number of carboxylic acids is 1. The summed E-state index contributed by atoms with van der Waals surface area (Å²) in [6.07, 6.45) is 8.96. The van der Waals surface area contributed by atoms with Crippen molar-refractivity contribution >= 4 is 12.0 Å². The molecule has 136 valence electrons. The maximum atomic E-state index is 10.6. The van der Waals surface area contributed by atoms with E-state index in [4.69, 9.17) is 9.84 Å². The van der Waals surface area contributed by atoms with Crippen LogP contribution in [0.25, 0.3) is 17.2 Å². The van der Waals surface area contributed by atoms with E-state index in [0.29, 0.717) is 12.2 Å². The number of carbonyl (C=O) groups is 1. The molecule has 1 heterocycles. The average molecular weight is 358 g/mol. The SMILES string of the molecule is CC(C=CC=C(C)C1=Cc2cc(-c3ccccc3)ccc2OC1)=CC(=O)O. The number of benzene rings is 2. The first kappa shape index (κ1) is 18.5. The van der Waals surface area contributed by atoms with Gasteiger partial charge in [0, 0.05) is 11.6 Å². The number of ether oxygens (including phenoxy) is 1. The highest BCUT2D eigenvalue weighted by Crippen LogP contribution is 2.32. The number of fused-ring (bicyclic) bond motifs is 1. The van der Waals surface area contributed by atoms with Gasteiger partial charge in [0.2, 0.25) is 0 Å². The van der Waals surface area contributed by atoms with Gasteiger partial charge in [-0.3, -0.25) is 0 Å². The smallest absolute Gasteiger partial charge is 0.328 e. The van der Waals surface area contributed by atoms with E-state index in [-0.39, 0.29) is 0 Å². The van der Waals surface area contributed by atoms with E-state index in [0.717, 1.165) is 28.0 Å². The van der Waals surface area contributed by atoms with Crippen molar-refractivity contribution in [3.8, 4) is 16.9 Å². The van der Waals surface area contributed by atoms with Gasteiger partial charge in [-0.15, -0.1) is 0 Å². The van der Waals surface area contributed by atoms with Crippen molar-refractivity contribution in [3.05, 3.63) is 95.1 Å². The summed E-state index contributed by atoms with van der Waals surface area (Å²) in [5.74, 6) is -0.0472. The van der Waals surface area contributed by atoms with Crippen molar-refractivity contribution in [1.82, 2.24) is 0 Å². The highest BCUT2D eigenvalue weighted by atomic mass is 16.5. The molecule has 3 rings (SSSR count). The number of hydrogen-bond donors (Lipinski definition) is 1. The van der Waals surface area contributed by atoms with Crippen LogP contribution >= 0.6 is 0 Å². The second-order valence-electron chi connectivity index (χ2n) is 6.51. The Morgan fingerprint density at radius 3 is 2.59 bits per heavy atom. The van der Waals surface area contributed by atoms with Crippen molar-refractivity contribution in [2.75, 3.05) is 6.61 Å². The number of rotatable bonds is 5. The van der Waals surface area contributed by atoms with E-state index in [1.54, 1.807) is 13.0 Å². The molecular formula is C24H22O3. The molecule has 0 unspecified atom stereocenters. The Kier molecular flexibility index (Phi) is 5.72. The molecule has 27 heavy (non-hydrogen) atoms. The third-order valence-electron chi connectivity index (χ3n) is 4.39. The molecule has 1 N–H and O–H groups in total. The van der Waals surface area contributed by atoms with Crippen LogP contribution in [-0.4, -0.2) is 17.7 Å². The summed E-state index contributed by atoms with van der Waals surface area (Å²) in [5.41, 5.74) is 6.29. The topological polar surface area (TPSA) is 46.5 Å². The van der Waals surface area contributed by atoms with Crippen LogP contribution in [0.2, 0.25) is 0 Å². The van der Waals surface area contributed by atoms with Gasteiger partial charge in [-0.05, 0) is 59.9 Å². The second kappa shape index (κ2) is 8.37. The van der Waals surface area contributed by atoms with Crippen molar-refractivity contribution in [1.29, 1.82) is 0 Å². The number of hydrogen-bond acceptors (Lipinski definition) is 2. The minimum atomic E-state index is -0.938. The number of carboxylic acid groups (broad SMARTS) is 1. The van der Waals surface area contributed by atoms with Gasteiger partial charge in [-0.1, -0.05) is 54.6 Å². The molecule has 0 aromatic heterocycles. The number of allylic oxidation sites excluding steroid dienone is 4. The molecule has 0 atom stereocenters. The molecule has 0 saturated heterocycles. The van der Waals surface area contributed by atoms with E-state index < -0.39 is 5.97 Å². The van der Waals surface area contributed by atoms with E-state index in [1.165, 1.54) is 11.6 Å². The summed E-state index contributed by atoms with van der Waals surface area (Å²) in [5, 5.41) is 8.74. The summed E-state index contributed by atoms with van der Waals surface area (Å²) in [7, 11) is 0. The van der Waals surface area contributed by atoms with Gasteiger partial charge in [0.1, 0.15) is 12.4 Å². The minimum Gasteiger partial charge on any atom is -0.488 e. The summed E-state index contributed by atoms with van der Waals surface area (Å²) in [6.45, 7) is 4.32. The van der Waals surface area contributed by atoms with Crippen molar-refractivity contribution in [3.63, 3.8) is 0 Å². The molecule has 0 spiro atoms. The zero-order valence-electron chi connectivity index (χ0n) is 15.5. The van der Waals surface area contributed by atoms with Crippen molar-refractivity contribution < 1.29 is 14.6 Å². The van der Waals surface area contributed by atoms with Crippen LogP contribution in [0.5, 0.6) is 5.75 Å². The lowest BCUT2D eigenvalue weighted by Gasteiger charge is -2.19. The molecule has 0 saturated carbocycles. The fourth-order valence-electron chi connectivity index (χ4n) is 2.91. The van der Waals surface area contributed by atoms with Gasteiger partial charge < -0.3 is 9.84 Å². The Morgan fingerprint density at radius 2 is 1.85 bits per heavy atom. The zero-order chi connectivity index (χ0) is 19.2. The van der Waals surface area contributed by atoms with Crippen LogP contribution in [0.1, 0.15) is 19.4 Å². The lowest BCUT2D eigenvalue weighted by molar-refractivity contribution is -0.131. The van der Waals surface area contributed by atoms with Crippen molar-refractivity contribution in [2.24, 2.45) is 0 Å². The van der Waals surface area contributed by atoms with E-state index >= 15 is 0 Å². The fourth-order valence-corrected chi connectivity index (χ4v) is 2.91. The van der Waals surface area contributed by atoms with E-state index in [2.05, 4.69) is 30.3 Å². The standard InChI is InChI=1S/C24H22O3/c1-17(13-24(25)26)7-6-8-18(2)22-15-21-14-20(11-12-23(21)27-16-22)19-9-4-3-5-10-19/h3-15H,16H2,1-2H3,(H,25,26). The van der Waals surface area contributed by atoms with Crippen LogP contribution in [0.3, 0.4) is 0 Å². The van der Waals surface area contributed by atoms with E-state index in [9.17, 15) is 4.79 Å². The van der Waals surface area contributed by atoms with Crippen LogP contribution in [0, 0.1) is 0 Å². The van der Waals surface area contributed by atoms with Gasteiger partial charge in [0.15, 0.2) is 0 Å². The highest BCUT2D eigenvalue weighted by Gasteiger charge is 2.13. The first-order valence-electron chi connectivity index (χ1n) is 8.82. The van der Waals surface area contributed by atoms with Gasteiger partial charge in [-0.25, -0.2) is 4.79 Å². The molecule has 1 aliphatic rings. The van der Waals surface area contributed by atoms with Crippen LogP contribution in [0.15, 0.2) is 89.6 Å². The molecule has 0 fully saturated rings. The fraction of sp³-hybridized carbons (Fsp3) is 0.125. The Balaban J connectivity index is 1.83. The molecular weight excluding hydrogens is 336 g/mol. The summed E-state index contributed by atoms with van der Waals surface area (Å²) >= 11 is 0. The molecule has 0 amide bonds. The zero-order valence-corrected chi connectivity index (χ0v) is 15.5. The first-order valence-corrected chi connectivity index (χ1v) is 8.82. The quantitative estimate of drug-likeness (QED) is 0.554. The van der Waals surface area contributed by atoms with Crippen LogP contribution < -0.4 is 4.74 Å². The lowest BCUT2D eigenvalue weighted by Crippen LogP contribution is -2.08. The van der Waals surface area contributed by atoms with Crippen LogP contribution in [0.4, 0.5) is 0 Å². The Bertz CT molecular complexity index is 960. The third kappa shape index (κ3) is 4.85. The molecule has 3 heteroatoms. The van der Waals surface area contributed by atoms with E-state index in [1.807, 2.05) is 43.3 Å². The molecule has 3 nitrogen and oxygen atoms in total. The second-order valence-corrected chi connectivity index (χ2v) is 6.51. The molecule has 0 bridgehead atoms. The minimum absolute atomic E-state index is 0.526. The Hall–Kier alpha value is -3.33. The van der Waals surface area contributed by atoms with Crippen LogP contribution in [-0.2, 0) is 4.79 Å². The molecule has 0 aliphatic carbocycles. The Morgan fingerprint density at radius 1 is 1.07 bits per heavy atom. The maximum absolute atomic E-state index is 10.6. The highest BCUT2D eigenvalue weighted by molar-refractivity contribution is 5.81. The molecule has 1 aliphatic heterocycles. The predicted molar refractivity (Wildman–Crippen MR) is 110 cm³/mol. The van der Waals surface area contributed by atoms with Crippen molar-refractivity contribution in [2.45, 2.75) is 13.8 Å². The predicted octanol–water partition coefficient (Wildman–Crippen LogP) is 5.66. The summed E-state index contributed by atoms with van der Waals surface area (Å²) < 4.78 is 5.91. The lowest BCUT2D eigenvalue weighted by atomic mass is 9.97. The molecule has 2 aromatic rings. The molecule has 2 aromatic carbocycles. The molecule has 0 radical (unpaired) electrons. The van der Waals surface area contributed by atoms with Gasteiger partial charge in [0.25, 0.3) is 0 Å². The number of aliphatic carboxylic acids is 1. The monoisotopic (exact) mass is 358 g/mol. The third-order valence-corrected chi connectivity index (χ3v) is 4.39.